The minimum atomic E-state index is 0.0943. The van der Waals surface area contributed by atoms with Gasteiger partial charge >= 0.3 is 0 Å². The third kappa shape index (κ3) is 3.57. The van der Waals surface area contributed by atoms with Gasteiger partial charge in [-0.15, -0.1) is 11.3 Å². The highest BCUT2D eigenvalue weighted by atomic mass is 32.2. The summed E-state index contributed by atoms with van der Waals surface area (Å²) in [5.74, 6) is 0.775. The first kappa shape index (κ1) is 19.8. The van der Waals surface area contributed by atoms with Crippen LogP contribution in [0.4, 0.5) is 0 Å². The average Bonchev–Trinajstić information content (AvgIpc) is 3.15. The van der Waals surface area contributed by atoms with Crippen molar-refractivity contribution in [3.05, 3.63) is 68.8 Å². The number of fused-ring (bicyclic) bond motifs is 4. The molecule has 0 unspecified atom stereocenters. The topological polar surface area (TPSA) is 44.1 Å². The summed E-state index contributed by atoms with van der Waals surface area (Å²) >= 11 is 3.36. The quantitative estimate of drug-likeness (QED) is 0.299. The number of thioether (sulfide) groups is 1. The summed E-state index contributed by atoms with van der Waals surface area (Å²) in [7, 11) is 1.67. The second kappa shape index (κ2) is 8.53. The number of rotatable bonds is 6. The van der Waals surface area contributed by atoms with Crippen molar-refractivity contribution in [2.24, 2.45) is 0 Å². The van der Waals surface area contributed by atoms with E-state index in [1.54, 1.807) is 30.2 Å². The zero-order valence-electron chi connectivity index (χ0n) is 17.0. The molecule has 0 saturated carbocycles. The molecule has 0 fully saturated rings. The van der Waals surface area contributed by atoms with Crippen molar-refractivity contribution in [3.63, 3.8) is 0 Å². The minimum Gasteiger partial charge on any atom is -0.383 e. The maximum atomic E-state index is 13.5. The molecule has 2 aromatic carbocycles. The second-order valence-electron chi connectivity index (χ2n) is 7.66. The Morgan fingerprint density at radius 1 is 1.13 bits per heavy atom. The van der Waals surface area contributed by atoms with E-state index in [0.29, 0.717) is 13.2 Å². The Bertz CT molecular complexity index is 1270. The molecule has 0 saturated heterocycles. The van der Waals surface area contributed by atoms with E-state index < -0.39 is 0 Å². The first-order valence-electron chi connectivity index (χ1n) is 10.4. The fourth-order valence-electron chi connectivity index (χ4n) is 4.27. The van der Waals surface area contributed by atoms with E-state index in [0.717, 1.165) is 40.4 Å². The van der Waals surface area contributed by atoms with Crippen LogP contribution in [0.5, 0.6) is 0 Å². The number of nitrogens with zero attached hydrogens (tertiary/aromatic N) is 2. The molecule has 2 heterocycles. The molecule has 6 heteroatoms. The van der Waals surface area contributed by atoms with Crippen LogP contribution in [0.3, 0.4) is 0 Å². The van der Waals surface area contributed by atoms with E-state index in [4.69, 9.17) is 9.72 Å². The largest absolute Gasteiger partial charge is 0.383 e. The highest BCUT2D eigenvalue weighted by Crippen LogP contribution is 2.35. The molecule has 0 bridgehead atoms. The number of aryl methyl sites for hydroxylation is 2. The lowest BCUT2D eigenvalue weighted by atomic mass is 9.97. The van der Waals surface area contributed by atoms with Crippen LogP contribution in [-0.2, 0) is 29.9 Å². The number of aromatic nitrogens is 2. The van der Waals surface area contributed by atoms with Crippen LogP contribution in [0.2, 0.25) is 0 Å². The van der Waals surface area contributed by atoms with E-state index in [-0.39, 0.29) is 5.56 Å². The van der Waals surface area contributed by atoms with E-state index in [1.807, 2.05) is 4.57 Å². The zero-order valence-corrected chi connectivity index (χ0v) is 18.7. The highest BCUT2D eigenvalue weighted by Gasteiger charge is 2.22. The summed E-state index contributed by atoms with van der Waals surface area (Å²) in [5, 5.41) is 4.13. The number of ether oxygens (including phenoxy) is 1. The van der Waals surface area contributed by atoms with Crippen molar-refractivity contribution in [1.29, 1.82) is 0 Å². The van der Waals surface area contributed by atoms with Crippen molar-refractivity contribution in [1.82, 2.24) is 9.55 Å². The maximum Gasteiger partial charge on any atom is 0.263 e. The zero-order chi connectivity index (χ0) is 20.5. The lowest BCUT2D eigenvalue weighted by Crippen LogP contribution is -2.25. The van der Waals surface area contributed by atoms with Gasteiger partial charge in [-0.2, -0.15) is 0 Å². The van der Waals surface area contributed by atoms with Gasteiger partial charge in [0.2, 0.25) is 0 Å². The Labute approximate surface area is 183 Å². The summed E-state index contributed by atoms with van der Waals surface area (Å²) in [4.78, 5) is 20.7. The van der Waals surface area contributed by atoms with E-state index >= 15 is 0 Å². The number of methoxy groups -OCH3 is 1. The predicted octanol–water partition coefficient (Wildman–Crippen LogP) is 5.43. The van der Waals surface area contributed by atoms with Crippen molar-refractivity contribution < 1.29 is 4.74 Å². The molecule has 4 nitrogen and oxygen atoms in total. The molecule has 0 atom stereocenters. The molecule has 0 radical (unpaired) electrons. The molecule has 30 heavy (non-hydrogen) atoms. The first-order chi connectivity index (χ1) is 14.8. The fraction of sp³-hybridized carbons (Fsp3) is 0.333. The molecule has 4 aromatic rings. The Kier molecular flexibility index (Phi) is 5.63. The van der Waals surface area contributed by atoms with Crippen molar-refractivity contribution in [2.45, 2.75) is 43.1 Å². The van der Waals surface area contributed by atoms with Crippen molar-refractivity contribution in [2.75, 3.05) is 13.7 Å². The third-order valence-corrected chi connectivity index (χ3v) is 8.01. The molecular weight excluding hydrogens is 412 g/mol. The van der Waals surface area contributed by atoms with E-state index in [1.165, 1.54) is 33.2 Å². The van der Waals surface area contributed by atoms with Gasteiger partial charge in [-0.3, -0.25) is 9.36 Å². The lowest BCUT2D eigenvalue weighted by molar-refractivity contribution is 0.183. The number of thiophene rings is 1. The van der Waals surface area contributed by atoms with Crippen LogP contribution in [0.25, 0.3) is 21.0 Å². The SMILES string of the molecule is COCCn1c(SCc2cccc3ccccc23)nc2sc3c(c2c1=O)CCCC3. The Morgan fingerprint density at radius 3 is 2.87 bits per heavy atom. The van der Waals surface area contributed by atoms with Crippen molar-refractivity contribution in [3.8, 4) is 0 Å². The number of benzene rings is 2. The molecule has 0 amide bonds. The van der Waals surface area contributed by atoms with Gasteiger partial charge in [0.25, 0.3) is 5.56 Å². The van der Waals surface area contributed by atoms with Gasteiger partial charge in [-0.05, 0) is 47.6 Å². The Hall–Kier alpha value is -2.15. The van der Waals surface area contributed by atoms with Crippen LogP contribution in [0, 0.1) is 0 Å². The summed E-state index contributed by atoms with van der Waals surface area (Å²) in [6.07, 6.45) is 4.44. The second-order valence-corrected chi connectivity index (χ2v) is 9.69. The molecule has 0 N–H and O–H groups in total. The van der Waals surface area contributed by atoms with Gasteiger partial charge in [0.15, 0.2) is 5.16 Å². The smallest absolute Gasteiger partial charge is 0.263 e. The molecule has 0 aliphatic heterocycles. The van der Waals surface area contributed by atoms with Gasteiger partial charge in [0, 0.05) is 17.7 Å². The monoisotopic (exact) mass is 436 g/mol. The molecule has 5 rings (SSSR count). The summed E-state index contributed by atoms with van der Waals surface area (Å²) in [5.41, 5.74) is 2.60. The summed E-state index contributed by atoms with van der Waals surface area (Å²) in [6.45, 7) is 1.03. The van der Waals surface area contributed by atoms with Gasteiger partial charge in [0.1, 0.15) is 4.83 Å². The standard InChI is InChI=1S/C24H24N2O2S2/c1-28-14-13-26-23(27)21-19-11-4-5-12-20(19)30-22(21)25-24(26)29-15-17-9-6-8-16-7-2-3-10-18(16)17/h2-3,6-10H,4-5,11-15H2,1H3. The summed E-state index contributed by atoms with van der Waals surface area (Å²) in [6, 6.07) is 14.8. The normalized spacial score (nSPS) is 13.8. The van der Waals surface area contributed by atoms with Gasteiger partial charge in [-0.1, -0.05) is 54.2 Å². The molecule has 0 spiro atoms. The van der Waals surface area contributed by atoms with Crippen molar-refractivity contribution >= 4 is 44.1 Å². The summed E-state index contributed by atoms with van der Waals surface area (Å²) < 4.78 is 7.11. The average molecular weight is 437 g/mol. The predicted molar refractivity (Wildman–Crippen MR) is 126 cm³/mol. The Morgan fingerprint density at radius 2 is 1.97 bits per heavy atom. The van der Waals surface area contributed by atoms with Crippen LogP contribution in [0.15, 0.2) is 52.4 Å². The first-order valence-corrected chi connectivity index (χ1v) is 12.2. The van der Waals surface area contributed by atoms with Gasteiger partial charge < -0.3 is 4.74 Å². The molecule has 1 aliphatic rings. The molecule has 154 valence electrons. The number of hydrogen-bond donors (Lipinski definition) is 0. The molecule has 1 aliphatic carbocycles. The highest BCUT2D eigenvalue weighted by molar-refractivity contribution is 7.98. The van der Waals surface area contributed by atoms with Crippen LogP contribution in [0.1, 0.15) is 28.8 Å². The third-order valence-electron chi connectivity index (χ3n) is 5.80. The van der Waals surface area contributed by atoms with E-state index in [2.05, 4.69) is 42.5 Å². The molecule has 2 aromatic heterocycles. The lowest BCUT2D eigenvalue weighted by Gasteiger charge is -2.13. The van der Waals surface area contributed by atoms with Crippen LogP contribution >= 0.6 is 23.1 Å². The fourth-order valence-corrected chi connectivity index (χ4v) is 6.60. The van der Waals surface area contributed by atoms with Gasteiger partial charge in [-0.25, -0.2) is 4.98 Å². The minimum absolute atomic E-state index is 0.0943. The van der Waals surface area contributed by atoms with Crippen LogP contribution < -0.4 is 5.56 Å². The maximum absolute atomic E-state index is 13.5. The Balaban J connectivity index is 1.56. The number of hydrogen-bond acceptors (Lipinski definition) is 5. The molecular formula is C24H24N2O2S2. The van der Waals surface area contributed by atoms with Crippen LogP contribution in [-0.4, -0.2) is 23.3 Å². The van der Waals surface area contributed by atoms with E-state index in [9.17, 15) is 4.79 Å². The van der Waals surface area contributed by atoms with Gasteiger partial charge in [0.05, 0.1) is 18.5 Å².